The number of cyclic esters (lactones) is 1. The molecule has 0 N–H and O–H groups in total. The first-order chi connectivity index (χ1) is 15.9. The van der Waals surface area contributed by atoms with Crippen LogP contribution in [0.5, 0.6) is 0 Å². The van der Waals surface area contributed by atoms with Crippen molar-refractivity contribution >= 4 is 23.5 Å². The van der Waals surface area contributed by atoms with Gasteiger partial charge in [-0.15, -0.1) is 0 Å². The summed E-state index contributed by atoms with van der Waals surface area (Å²) < 4.78 is 5.24. The average Bonchev–Trinajstić information content (AvgIpc) is 3.60. The van der Waals surface area contributed by atoms with Gasteiger partial charge in [-0.05, 0) is 67.0 Å². The molecule has 0 spiro atoms. The van der Waals surface area contributed by atoms with Crippen LogP contribution >= 0.6 is 0 Å². The van der Waals surface area contributed by atoms with Gasteiger partial charge in [-0.3, -0.25) is 9.69 Å². The molecule has 0 bridgehead atoms. The maximum absolute atomic E-state index is 13.1. The first kappa shape index (κ1) is 21.7. The van der Waals surface area contributed by atoms with Crippen molar-refractivity contribution in [2.75, 3.05) is 42.6 Å². The van der Waals surface area contributed by atoms with Crippen LogP contribution in [0.3, 0.4) is 0 Å². The normalized spacial score (nSPS) is 21.0. The number of carbonyl (C=O) groups is 2. The molecule has 1 atom stereocenters. The highest BCUT2D eigenvalue weighted by Crippen LogP contribution is 2.40. The third kappa shape index (κ3) is 4.28. The van der Waals surface area contributed by atoms with Crippen LogP contribution in [-0.4, -0.2) is 60.7 Å². The van der Waals surface area contributed by atoms with E-state index >= 15 is 0 Å². The Morgan fingerprint density at radius 3 is 2.39 bits per heavy atom. The Morgan fingerprint density at radius 2 is 1.79 bits per heavy atom. The number of anilines is 2. The SMILES string of the molecule is Cc1cc(C2CC2)cnc1N1CCN(C(=O)c2ccc(N3C(=O)OCC3C(C)C)cc2)CC1. The fraction of sp³-hybridized carbons (Fsp3) is 0.500. The number of hydrogen-bond donors (Lipinski definition) is 0. The van der Waals surface area contributed by atoms with Crippen molar-refractivity contribution in [1.29, 1.82) is 0 Å². The van der Waals surface area contributed by atoms with Crippen LogP contribution in [0.15, 0.2) is 36.5 Å². The number of nitrogens with zero attached hydrogens (tertiary/aromatic N) is 4. The summed E-state index contributed by atoms with van der Waals surface area (Å²) in [5.41, 5.74) is 3.99. The summed E-state index contributed by atoms with van der Waals surface area (Å²) in [4.78, 5) is 35.9. The van der Waals surface area contributed by atoms with Gasteiger partial charge in [-0.25, -0.2) is 9.78 Å². The van der Waals surface area contributed by atoms with E-state index in [0.29, 0.717) is 31.2 Å². The summed E-state index contributed by atoms with van der Waals surface area (Å²) in [5, 5.41) is 0. The molecule has 1 saturated carbocycles. The minimum absolute atomic E-state index is 0.0162. The predicted molar refractivity (Wildman–Crippen MR) is 128 cm³/mol. The fourth-order valence-electron chi connectivity index (χ4n) is 4.85. The topological polar surface area (TPSA) is 66.0 Å². The number of aryl methyl sites for hydroxylation is 1. The molecule has 3 aliphatic rings. The molecule has 1 aliphatic carbocycles. The lowest BCUT2D eigenvalue weighted by atomic mass is 10.0. The Hall–Kier alpha value is -3.09. The number of benzene rings is 1. The zero-order chi connectivity index (χ0) is 23.1. The van der Waals surface area contributed by atoms with E-state index in [0.717, 1.165) is 24.6 Å². The van der Waals surface area contributed by atoms with Gasteiger partial charge in [0.2, 0.25) is 0 Å². The number of hydrogen-bond acceptors (Lipinski definition) is 5. The third-order valence-corrected chi connectivity index (χ3v) is 7.05. The Labute approximate surface area is 195 Å². The Morgan fingerprint density at radius 1 is 1.09 bits per heavy atom. The molecule has 2 saturated heterocycles. The van der Waals surface area contributed by atoms with E-state index in [1.54, 1.807) is 4.90 Å². The smallest absolute Gasteiger partial charge is 0.414 e. The van der Waals surface area contributed by atoms with Gasteiger partial charge in [0, 0.05) is 43.6 Å². The number of ether oxygens (including phenoxy) is 1. The summed E-state index contributed by atoms with van der Waals surface area (Å²) in [5.74, 6) is 2.06. The number of aromatic nitrogens is 1. The maximum atomic E-state index is 13.1. The molecule has 0 radical (unpaired) electrons. The highest BCUT2D eigenvalue weighted by atomic mass is 16.6. The van der Waals surface area contributed by atoms with Crippen molar-refractivity contribution in [3.63, 3.8) is 0 Å². The van der Waals surface area contributed by atoms with Gasteiger partial charge in [-0.1, -0.05) is 19.9 Å². The van der Waals surface area contributed by atoms with Gasteiger partial charge in [0.05, 0.1) is 6.04 Å². The molecule has 174 valence electrons. The minimum atomic E-state index is -0.321. The second-order valence-electron chi connectivity index (χ2n) is 9.77. The minimum Gasteiger partial charge on any atom is -0.447 e. The lowest BCUT2D eigenvalue weighted by Gasteiger charge is -2.36. The first-order valence-corrected chi connectivity index (χ1v) is 12.0. The van der Waals surface area contributed by atoms with Crippen molar-refractivity contribution in [3.05, 3.63) is 53.2 Å². The summed E-state index contributed by atoms with van der Waals surface area (Å²) in [6.45, 7) is 9.57. The van der Waals surface area contributed by atoms with E-state index < -0.39 is 0 Å². The second-order valence-corrected chi connectivity index (χ2v) is 9.77. The van der Waals surface area contributed by atoms with Gasteiger partial charge < -0.3 is 14.5 Å². The van der Waals surface area contributed by atoms with Crippen LogP contribution in [0.1, 0.15) is 54.1 Å². The quantitative estimate of drug-likeness (QED) is 0.686. The highest BCUT2D eigenvalue weighted by Gasteiger charge is 2.36. The molecule has 1 aromatic heterocycles. The van der Waals surface area contributed by atoms with Crippen molar-refractivity contribution in [2.24, 2.45) is 5.92 Å². The number of pyridine rings is 1. The monoisotopic (exact) mass is 448 g/mol. The Kier molecular flexibility index (Phi) is 5.72. The van der Waals surface area contributed by atoms with E-state index in [1.165, 1.54) is 24.0 Å². The molecular weight excluding hydrogens is 416 g/mol. The van der Waals surface area contributed by atoms with Crippen LogP contribution in [0.2, 0.25) is 0 Å². The van der Waals surface area contributed by atoms with Crippen LogP contribution < -0.4 is 9.80 Å². The van der Waals surface area contributed by atoms with Gasteiger partial charge in [0.1, 0.15) is 12.4 Å². The molecular formula is C26H32N4O3. The summed E-state index contributed by atoms with van der Waals surface area (Å²) in [6.07, 6.45) is 4.27. The van der Waals surface area contributed by atoms with Gasteiger partial charge in [-0.2, -0.15) is 0 Å². The molecule has 7 heteroatoms. The van der Waals surface area contributed by atoms with E-state index in [-0.39, 0.29) is 24.0 Å². The van der Waals surface area contributed by atoms with Crippen LogP contribution in [-0.2, 0) is 4.74 Å². The molecule has 2 aromatic rings. The van der Waals surface area contributed by atoms with Crippen molar-refractivity contribution in [1.82, 2.24) is 9.88 Å². The molecule has 5 rings (SSSR count). The fourth-order valence-corrected chi connectivity index (χ4v) is 4.85. The number of piperazine rings is 1. The van der Waals surface area contributed by atoms with E-state index in [4.69, 9.17) is 9.72 Å². The second kappa shape index (κ2) is 8.69. The largest absolute Gasteiger partial charge is 0.447 e. The van der Waals surface area contributed by atoms with Crippen molar-refractivity contribution < 1.29 is 14.3 Å². The van der Waals surface area contributed by atoms with Crippen molar-refractivity contribution in [2.45, 2.75) is 45.6 Å². The maximum Gasteiger partial charge on any atom is 0.414 e. The Balaban J connectivity index is 1.22. The lowest BCUT2D eigenvalue weighted by molar-refractivity contribution is 0.0746. The molecule has 33 heavy (non-hydrogen) atoms. The molecule has 1 unspecified atom stereocenters. The zero-order valence-electron chi connectivity index (χ0n) is 19.7. The zero-order valence-corrected chi connectivity index (χ0v) is 19.7. The number of rotatable bonds is 5. The van der Waals surface area contributed by atoms with Gasteiger partial charge >= 0.3 is 6.09 Å². The van der Waals surface area contributed by atoms with Crippen LogP contribution in [0, 0.1) is 12.8 Å². The van der Waals surface area contributed by atoms with Crippen LogP contribution in [0.25, 0.3) is 0 Å². The summed E-state index contributed by atoms with van der Waals surface area (Å²) in [7, 11) is 0. The predicted octanol–water partition coefficient (Wildman–Crippen LogP) is 4.21. The molecule has 3 fully saturated rings. The molecule has 1 aromatic carbocycles. The van der Waals surface area contributed by atoms with Gasteiger partial charge in [0.25, 0.3) is 5.91 Å². The van der Waals surface area contributed by atoms with E-state index in [2.05, 4.69) is 31.7 Å². The van der Waals surface area contributed by atoms with E-state index in [9.17, 15) is 9.59 Å². The number of amides is 2. The van der Waals surface area contributed by atoms with Gasteiger partial charge in [0.15, 0.2) is 0 Å². The standard InChI is InChI=1S/C26H32N4O3/c1-17(2)23-16-33-26(32)30(23)22-8-6-20(7-9-22)25(31)29-12-10-28(11-13-29)24-18(3)14-21(15-27-24)19-4-5-19/h6-9,14-15,17,19,23H,4-5,10-13,16H2,1-3H3. The van der Waals surface area contributed by atoms with Crippen molar-refractivity contribution in [3.8, 4) is 0 Å². The van der Waals surface area contributed by atoms with E-state index in [1.807, 2.05) is 35.4 Å². The summed E-state index contributed by atoms with van der Waals surface area (Å²) >= 11 is 0. The third-order valence-electron chi connectivity index (χ3n) is 7.05. The van der Waals surface area contributed by atoms with Crippen LogP contribution in [0.4, 0.5) is 16.3 Å². The highest BCUT2D eigenvalue weighted by molar-refractivity contribution is 5.96. The number of carbonyl (C=O) groups excluding carboxylic acids is 2. The molecule has 2 amide bonds. The molecule has 3 heterocycles. The lowest BCUT2D eigenvalue weighted by Crippen LogP contribution is -2.49. The molecule has 2 aliphatic heterocycles. The molecule has 7 nitrogen and oxygen atoms in total. The average molecular weight is 449 g/mol. The Bertz CT molecular complexity index is 1040. The summed E-state index contributed by atoms with van der Waals surface area (Å²) in [6, 6.07) is 9.62. The first-order valence-electron chi connectivity index (χ1n) is 12.0.